The number of hydrogen-bond acceptors (Lipinski definition) is 3. The van der Waals surface area contributed by atoms with Gasteiger partial charge in [0.25, 0.3) is 0 Å². The quantitative estimate of drug-likeness (QED) is 0.759. The van der Waals surface area contributed by atoms with E-state index in [2.05, 4.69) is 11.9 Å². The van der Waals surface area contributed by atoms with Gasteiger partial charge in [0.2, 0.25) is 11.8 Å². The van der Waals surface area contributed by atoms with E-state index in [1.807, 2.05) is 4.90 Å². The van der Waals surface area contributed by atoms with E-state index in [9.17, 15) is 13.6 Å². The second-order valence-electron chi connectivity index (χ2n) is 8.79. The van der Waals surface area contributed by atoms with E-state index < -0.39 is 11.8 Å². The highest BCUT2D eigenvalue weighted by Gasteiger charge is 2.51. The minimum absolute atomic E-state index is 0.0502. The second-order valence-corrected chi connectivity index (χ2v) is 8.79. The first-order valence-electron chi connectivity index (χ1n) is 9.86. The standard InChI is InChI=1S/C19H30F2N2O2/c1-22-16(13-25-12-14-2-3-14)4-5-18(22)6-8-23(9-7-18)17(24)15-10-19(20,21)11-15/h14-16H,2-13H2,1H3. The second kappa shape index (κ2) is 6.45. The Labute approximate surface area is 148 Å². The molecule has 4 nitrogen and oxygen atoms in total. The molecule has 2 aliphatic carbocycles. The Balaban J connectivity index is 1.25. The zero-order valence-electron chi connectivity index (χ0n) is 15.2. The molecule has 142 valence electrons. The molecule has 4 fully saturated rings. The van der Waals surface area contributed by atoms with Crippen LogP contribution >= 0.6 is 0 Å². The largest absolute Gasteiger partial charge is 0.380 e. The molecule has 2 saturated carbocycles. The molecule has 0 aromatic carbocycles. The number of nitrogens with zero attached hydrogens (tertiary/aromatic N) is 2. The summed E-state index contributed by atoms with van der Waals surface area (Å²) in [6, 6.07) is 0.478. The molecule has 1 atom stereocenters. The molecule has 4 aliphatic rings. The van der Waals surface area contributed by atoms with Crippen molar-refractivity contribution >= 4 is 5.91 Å². The van der Waals surface area contributed by atoms with Crippen molar-refractivity contribution in [2.75, 3.05) is 33.4 Å². The average Bonchev–Trinajstić information content (AvgIpc) is 3.34. The fourth-order valence-electron chi connectivity index (χ4n) is 4.88. The maximum Gasteiger partial charge on any atom is 0.249 e. The number of piperidine rings is 1. The van der Waals surface area contributed by atoms with E-state index in [1.165, 1.54) is 12.8 Å². The number of carbonyl (C=O) groups excluding carboxylic acids is 1. The third-order valence-electron chi connectivity index (χ3n) is 7.04. The van der Waals surface area contributed by atoms with Gasteiger partial charge in [-0.05, 0) is 51.5 Å². The molecule has 4 rings (SSSR count). The molecular formula is C19H30F2N2O2. The maximum absolute atomic E-state index is 13.0. The number of ether oxygens (including phenoxy) is 1. The number of hydrogen-bond donors (Lipinski definition) is 0. The SMILES string of the molecule is CN1C(COCC2CC2)CCC12CCN(C(=O)C1CC(F)(F)C1)CC2. The van der Waals surface area contributed by atoms with Crippen LogP contribution in [0.4, 0.5) is 8.78 Å². The van der Waals surface area contributed by atoms with Crippen molar-refractivity contribution in [1.82, 2.24) is 9.80 Å². The normalized spacial score (nSPS) is 32.1. The van der Waals surface area contributed by atoms with E-state index in [0.717, 1.165) is 44.8 Å². The fraction of sp³-hybridized carbons (Fsp3) is 0.947. The summed E-state index contributed by atoms with van der Waals surface area (Å²) >= 11 is 0. The van der Waals surface area contributed by atoms with Gasteiger partial charge in [-0.25, -0.2) is 8.78 Å². The lowest BCUT2D eigenvalue weighted by molar-refractivity contribution is -0.161. The van der Waals surface area contributed by atoms with Gasteiger partial charge < -0.3 is 9.64 Å². The number of likely N-dealkylation sites (N-methyl/N-ethyl adjacent to an activating group) is 1. The lowest BCUT2D eigenvalue weighted by Crippen LogP contribution is -2.56. The van der Waals surface area contributed by atoms with Crippen molar-refractivity contribution < 1.29 is 18.3 Å². The van der Waals surface area contributed by atoms with E-state index >= 15 is 0 Å². The van der Waals surface area contributed by atoms with Crippen molar-refractivity contribution in [3.05, 3.63) is 0 Å². The summed E-state index contributed by atoms with van der Waals surface area (Å²) in [5.41, 5.74) is 0.175. The van der Waals surface area contributed by atoms with Crippen molar-refractivity contribution in [3.8, 4) is 0 Å². The third-order valence-corrected chi connectivity index (χ3v) is 7.04. The van der Waals surface area contributed by atoms with Crippen LogP contribution < -0.4 is 0 Å². The van der Waals surface area contributed by atoms with Crippen LogP contribution in [-0.4, -0.2) is 66.6 Å². The highest BCUT2D eigenvalue weighted by atomic mass is 19.3. The molecule has 6 heteroatoms. The molecule has 1 unspecified atom stereocenters. The highest BCUT2D eigenvalue weighted by Crippen LogP contribution is 2.45. The molecular weight excluding hydrogens is 326 g/mol. The summed E-state index contributed by atoms with van der Waals surface area (Å²) in [4.78, 5) is 16.7. The van der Waals surface area contributed by atoms with Gasteiger partial charge in [-0.2, -0.15) is 0 Å². The monoisotopic (exact) mass is 356 g/mol. The molecule has 0 aromatic rings. The zero-order valence-corrected chi connectivity index (χ0v) is 15.2. The summed E-state index contributed by atoms with van der Waals surface area (Å²) in [6.07, 6.45) is 6.35. The van der Waals surface area contributed by atoms with E-state index in [-0.39, 0.29) is 24.3 Å². The lowest BCUT2D eigenvalue weighted by atomic mass is 9.79. The van der Waals surface area contributed by atoms with E-state index in [0.29, 0.717) is 19.1 Å². The topological polar surface area (TPSA) is 32.8 Å². The van der Waals surface area contributed by atoms with Crippen molar-refractivity contribution in [1.29, 1.82) is 0 Å². The maximum atomic E-state index is 13.0. The van der Waals surface area contributed by atoms with E-state index in [4.69, 9.17) is 4.74 Å². The molecule has 1 amide bonds. The molecule has 1 spiro atoms. The molecule has 2 saturated heterocycles. The van der Waals surface area contributed by atoms with Gasteiger partial charge in [0.15, 0.2) is 0 Å². The molecule has 25 heavy (non-hydrogen) atoms. The number of likely N-dealkylation sites (tertiary alicyclic amines) is 2. The van der Waals surface area contributed by atoms with Gasteiger partial charge in [0, 0.05) is 50.0 Å². The molecule has 0 aromatic heterocycles. The Morgan fingerprint density at radius 1 is 1.08 bits per heavy atom. The first-order valence-corrected chi connectivity index (χ1v) is 9.86. The summed E-state index contributed by atoms with van der Waals surface area (Å²) < 4.78 is 31.9. The number of carbonyl (C=O) groups is 1. The Hall–Kier alpha value is -0.750. The van der Waals surface area contributed by atoms with Gasteiger partial charge in [-0.15, -0.1) is 0 Å². The van der Waals surface area contributed by atoms with Crippen LogP contribution in [0.5, 0.6) is 0 Å². The zero-order chi connectivity index (χ0) is 17.7. The highest BCUT2D eigenvalue weighted by molar-refractivity contribution is 5.80. The Bertz CT molecular complexity index is 508. The van der Waals surface area contributed by atoms with Crippen molar-refractivity contribution in [2.45, 2.75) is 68.9 Å². The van der Waals surface area contributed by atoms with Gasteiger partial charge in [0.05, 0.1) is 6.61 Å². The van der Waals surface area contributed by atoms with Gasteiger partial charge in [-0.1, -0.05) is 0 Å². The van der Waals surface area contributed by atoms with Crippen LogP contribution in [-0.2, 0) is 9.53 Å². The minimum atomic E-state index is -2.61. The average molecular weight is 356 g/mol. The molecule has 2 aliphatic heterocycles. The fourth-order valence-corrected chi connectivity index (χ4v) is 4.88. The van der Waals surface area contributed by atoms with Gasteiger partial charge >= 0.3 is 0 Å². The summed E-state index contributed by atoms with van der Waals surface area (Å²) in [5.74, 6) is -2.31. The summed E-state index contributed by atoms with van der Waals surface area (Å²) in [6.45, 7) is 3.14. The molecule has 0 radical (unpaired) electrons. The number of alkyl halides is 2. The lowest BCUT2D eigenvalue weighted by Gasteiger charge is -2.46. The first kappa shape index (κ1) is 17.7. The Morgan fingerprint density at radius 2 is 1.76 bits per heavy atom. The van der Waals surface area contributed by atoms with Crippen LogP contribution in [0.15, 0.2) is 0 Å². The predicted octanol–water partition coefficient (Wildman–Crippen LogP) is 2.91. The molecule has 2 heterocycles. The van der Waals surface area contributed by atoms with Gasteiger partial charge in [0.1, 0.15) is 0 Å². The van der Waals surface area contributed by atoms with E-state index in [1.54, 1.807) is 0 Å². The predicted molar refractivity (Wildman–Crippen MR) is 90.5 cm³/mol. The van der Waals surface area contributed by atoms with Crippen molar-refractivity contribution in [2.24, 2.45) is 11.8 Å². The summed E-state index contributed by atoms with van der Waals surface area (Å²) in [7, 11) is 2.20. The van der Waals surface area contributed by atoms with Crippen molar-refractivity contribution in [3.63, 3.8) is 0 Å². The third kappa shape index (κ3) is 3.57. The smallest absolute Gasteiger partial charge is 0.249 e. The Morgan fingerprint density at radius 3 is 2.36 bits per heavy atom. The minimum Gasteiger partial charge on any atom is -0.380 e. The number of halogens is 2. The van der Waals surface area contributed by atoms with Crippen LogP contribution in [0.3, 0.4) is 0 Å². The number of rotatable bonds is 5. The molecule has 0 N–H and O–H groups in total. The first-order chi connectivity index (χ1) is 11.9. The molecule has 0 bridgehead atoms. The van der Waals surface area contributed by atoms with Gasteiger partial charge in [-0.3, -0.25) is 9.69 Å². The summed E-state index contributed by atoms with van der Waals surface area (Å²) in [5, 5.41) is 0. The van der Waals surface area contributed by atoms with Crippen LogP contribution in [0.1, 0.15) is 51.4 Å². The Kier molecular flexibility index (Phi) is 4.55. The van der Waals surface area contributed by atoms with Crippen LogP contribution in [0, 0.1) is 11.8 Å². The van der Waals surface area contributed by atoms with Crippen LogP contribution in [0.2, 0.25) is 0 Å². The van der Waals surface area contributed by atoms with Crippen LogP contribution in [0.25, 0.3) is 0 Å². The number of amides is 1.